The minimum atomic E-state index is -0.778. The normalized spacial score (nSPS) is 16.5. The number of hydrogen-bond donors (Lipinski definition) is 2. The number of carbonyl (C=O) groups excluding carboxylic acids is 1. The molecular weight excluding hydrogens is 300 g/mol. The van der Waals surface area contributed by atoms with E-state index in [9.17, 15) is 14.9 Å². The Morgan fingerprint density at radius 2 is 2.22 bits per heavy atom. The highest BCUT2D eigenvalue weighted by Gasteiger charge is 2.31. The molecule has 0 saturated heterocycles. The van der Waals surface area contributed by atoms with Gasteiger partial charge in [0, 0.05) is 24.4 Å². The van der Waals surface area contributed by atoms with Crippen LogP contribution in [-0.4, -0.2) is 27.6 Å². The number of aromatic amines is 1. The number of H-pyrrole nitrogens is 1. The summed E-state index contributed by atoms with van der Waals surface area (Å²) >= 11 is 0. The van der Waals surface area contributed by atoms with Crippen LogP contribution in [0.25, 0.3) is 0 Å². The average molecular weight is 314 g/mol. The summed E-state index contributed by atoms with van der Waals surface area (Å²) in [6.45, 7) is 0.354. The van der Waals surface area contributed by atoms with Gasteiger partial charge in [0.2, 0.25) is 6.10 Å². The molecule has 3 rings (SSSR count). The van der Waals surface area contributed by atoms with Crippen LogP contribution < -0.4 is 5.32 Å². The van der Waals surface area contributed by atoms with Crippen molar-refractivity contribution in [1.29, 1.82) is 0 Å². The Bertz CT molecular complexity index is 755. The van der Waals surface area contributed by atoms with Crippen LogP contribution in [0, 0.1) is 10.1 Å². The van der Waals surface area contributed by atoms with Crippen LogP contribution in [-0.2, 0) is 16.2 Å². The standard InChI is InChI=1S/C15H14N4O4/c20-15(17-9-10-4-3-7-16-10)14-8-12(18-23-14)11-5-1-2-6-13(11)19(21)22/h1-7,14,16H,8-9H2,(H,17,20). The topological polar surface area (TPSA) is 110 Å². The second-order valence-electron chi connectivity index (χ2n) is 5.02. The molecule has 0 bridgehead atoms. The molecule has 0 radical (unpaired) electrons. The van der Waals surface area contributed by atoms with Crippen molar-refractivity contribution in [2.45, 2.75) is 19.1 Å². The molecule has 0 saturated carbocycles. The summed E-state index contributed by atoms with van der Waals surface area (Å²) in [6, 6.07) is 9.95. The molecule has 2 heterocycles. The van der Waals surface area contributed by atoms with E-state index in [2.05, 4.69) is 15.5 Å². The van der Waals surface area contributed by atoms with Crippen molar-refractivity contribution in [2.24, 2.45) is 5.16 Å². The number of aromatic nitrogens is 1. The Morgan fingerprint density at radius 1 is 1.39 bits per heavy atom. The van der Waals surface area contributed by atoms with Crippen LogP contribution in [0.3, 0.4) is 0 Å². The second kappa shape index (κ2) is 6.30. The molecule has 1 aliphatic rings. The highest BCUT2D eigenvalue weighted by molar-refractivity contribution is 6.06. The van der Waals surface area contributed by atoms with Gasteiger partial charge in [0.15, 0.2) is 0 Å². The van der Waals surface area contributed by atoms with Crippen molar-refractivity contribution in [3.05, 3.63) is 64.0 Å². The molecule has 8 nitrogen and oxygen atoms in total. The molecule has 1 atom stereocenters. The molecule has 118 valence electrons. The number of hydrogen-bond acceptors (Lipinski definition) is 5. The highest BCUT2D eigenvalue weighted by atomic mass is 16.6. The summed E-state index contributed by atoms with van der Waals surface area (Å²) in [6.07, 6.45) is 1.19. The van der Waals surface area contributed by atoms with E-state index in [4.69, 9.17) is 4.84 Å². The van der Waals surface area contributed by atoms with Crippen LogP contribution in [0.2, 0.25) is 0 Å². The Hall–Kier alpha value is -3.16. The van der Waals surface area contributed by atoms with Crippen molar-refractivity contribution < 1.29 is 14.6 Å². The number of nitro groups is 1. The molecule has 2 aromatic rings. The van der Waals surface area contributed by atoms with Crippen molar-refractivity contribution in [3.8, 4) is 0 Å². The summed E-state index contributed by atoms with van der Waals surface area (Å²) < 4.78 is 0. The van der Waals surface area contributed by atoms with Crippen LogP contribution >= 0.6 is 0 Å². The lowest BCUT2D eigenvalue weighted by molar-refractivity contribution is -0.385. The number of carbonyl (C=O) groups is 1. The molecule has 2 N–H and O–H groups in total. The third-order valence-corrected chi connectivity index (χ3v) is 3.49. The first-order chi connectivity index (χ1) is 11.1. The van der Waals surface area contributed by atoms with Gasteiger partial charge < -0.3 is 15.1 Å². The number of nitrogens with zero attached hydrogens (tertiary/aromatic N) is 2. The van der Waals surface area contributed by atoms with Gasteiger partial charge in [-0.05, 0) is 18.2 Å². The first-order valence-electron chi connectivity index (χ1n) is 7.01. The molecule has 1 aromatic carbocycles. The molecule has 0 spiro atoms. The van der Waals surface area contributed by atoms with Gasteiger partial charge in [-0.1, -0.05) is 17.3 Å². The second-order valence-corrected chi connectivity index (χ2v) is 5.02. The number of nitro benzene ring substituents is 1. The fraction of sp³-hybridized carbons (Fsp3) is 0.200. The highest BCUT2D eigenvalue weighted by Crippen LogP contribution is 2.24. The SMILES string of the molecule is O=C(NCc1ccc[nH]1)C1CC(c2ccccc2[N+](=O)[O-])=NO1. The maximum absolute atomic E-state index is 12.1. The van der Waals surface area contributed by atoms with Gasteiger partial charge in [0.1, 0.15) is 0 Å². The molecule has 0 aliphatic carbocycles. The molecular formula is C15H14N4O4. The molecule has 23 heavy (non-hydrogen) atoms. The fourth-order valence-corrected chi connectivity index (χ4v) is 2.33. The lowest BCUT2D eigenvalue weighted by atomic mass is 10.0. The minimum Gasteiger partial charge on any atom is -0.382 e. The van der Waals surface area contributed by atoms with Crippen LogP contribution in [0.1, 0.15) is 17.7 Å². The largest absolute Gasteiger partial charge is 0.382 e. The van der Waals surface area contributed by atoms with E-state index in [1.54, 1.807) is 24.4 Å². The lowest BCUT2D eigenvalue weighted by Gasteiger charge is -2.08. The number of benzene rings is 1. The third kappa shape index (κ3) is 3.20. The van der Waals surface area contributed by atoms with Gasteiger partial charge in [0.05, 0.1) is 22.7 Å². The average Bonchev–Trinajstić information content (AvgIpc) is 3.24. The molecule has 8 heteroatoms. The zero-order chi connectivity index (χ0) is 16.2. The van der Waals surface area contributed by atoms with Crippen molar-refractivity contribution >= 4 is 17.3 Å². The predicted octanol–water partition coefficient (Wildman–Crippen LogP) is 1.73. The van der Waals surface area contributed by atoms with E-state index >= 15 is 0 Å². The minimum absolute atomic E-state index is 0.0534. The van der Waals surface area contributed by atoms with Gasteiger partial charge in [-0.2, -0.15) is 0 Å². The number of amides is 1. The Labute approximate surface area is 131 Å². The van der Waals surface area contributed by atoms with E-state index < -0.39 is 11.0 Å². The Kier molecular flexibility index (Phi) is 4.05. The lowest BCUT2D eigenvalue weighted by Crippen LogP contribution is -2.34. The van der Waals surface area contributed by atoms with E-state index in [0.717, 1.165) is 5.69 Å². The fourth-order valence-electron chi connectivity index (χ4n) is 2.33. The van der Waals surface area contributed by atoms with Crippen molar-refractivity contribution in [3.63, 3.8) is 0 Å². The Balaban J connectivity index is 1.64. The zero-order valence-corrected chi connectivity index (χ0v) is 12.1. The van der Waals surface area contributed by atoms with Gasteiger partial charge >= 0.3 is 0 Å². The number of oxime groups is 1. The Morgan fingerprint density at radius 3 is 2.96 bits per heavy atom. The summed E-state index contributed by atoms with van der Waals surface area (Å²) in [7, 11) is 0. The van der Waals surface area contributed by atoms with Crippen LogP contribution in [0.15, 0.2) is 47.8 Å². The van der Waals surface area contributed by atoms with Crippen molar-refractivity contribution in [1.82, 2.24) is 10.3 Å². The molecule has 1 amide bonds. The summed E-state index contributed by atoms with van der Waals surface area (Å²) in [5, 5.41) is 17.6. The van der Waals surface area contributed by atoms with Crippen molar-refractivity contribution in [2.75, 3.05) is 0 Å². The smallest absolute Gasteiger partial charge is 0.278 e. The first-order valence-corrected chi connectivity index (χ1v) is 7.01. The number of rotatable bonds is 5. The summed E-state index contributed by atoms with van der Waals surface area (Å²) in [4.78, 5) is 30.8. The van der Waals surface area contributed by atoms with E-state index in [-0.39, 0.29) is 18.0 Å². The summed E-state index contributed by atoms with van der Waals surface area (Å²) in [5.41, 5.74) is 1.59. The van der Waals surface area contributed by atoms with E-state index in [0.29, 0.717) is 17.8 Å². The van der Waals surface area contributed by atoms with E-state index in [1.807, 2.05) is 12.1 Å². The number of nitrogens with one attached hydrogen (secondary N) is 2. The van der Waals surface area contributed by atoms with Crippen LogP contribution in [0.5, 0.6) is 0 Å². The van der Waals surface area contributed by atoms with E-state index in [1.165, 1.54) is 6.07 Å². The van der Waals surface area contributed by atoms with Crippen LogP contribution in [0.4, 0.5) is 5.69 Å². The van der Waals surface area contributed by atoms with Gasteiger partial charge in [-0.15, -0.1) is 0 Å². The first kappa shape index (κ1) is 14.8. The van der Waals surface area contributed by atoms with Gasteiger partial charge in [-0.3, -0.25) is 14.9 Å². The number of para-hydroxylation sites is 1. The van der Waals surface area contributed by atoms with Gasteiger partial charge in [0.25, 0.3) is 11.6 Å². The maximum Gasteiger partial charge on any atom is 0.278 e. The third-order valence-electron chi connectivity index (χ3n) is 3.49. The van der Waals surface area contributed by atoms with Gasteiger partial charge in [-0.25, -0.2) is 0 Å². The maximum atomic E-state index is 12.1. The molecule has 1 aromatic heterocycles. The monoisotopic (exact) mass is 314 g/mol. The zero-order valence-electron chi connectivity index (χ0n) is 12.1. The molecule has 1 aliphatic heterocycles. The molecule has 1 unspecified atom stereocenters. The summed E-state index contributed by atoms with van der Waals surface area (Å²) in [5.74, 6) is -0.308. The predicted molar refractivity (Wildman–Crippen MR) is 81.8 cm³/mol. The molecule has 0 fully saturated rings. The quantitative estimate of drug-likeness (QED) is 0.647.